The van der Waals surface area contributed by atoms with Crippen LogP contribution in [0.3, 0.4) is 0 Å². The van der Waals surface area contributed by atoms with Crippen LogP contribution in [0, 0.1) is 3.57 Å². The summed E-state index contributed by atoms with van der Waals surface area (Å²) in [7, 11) is 0. The molecule has 162 valence electrons. The zero-order valence-electron chi connectivity index (χ0n) is 18.4. The summed E-state index contributed by atoms with van der Waals surface area (Å²) in [6.07, 6.45) is 0. The Morgan fingerprint density at radius 3 is 1.59 bits per heavy atom. The fourth-order valence-corrected chi connectivity index (χ4v) is 5.02. The first-order chi connectivity index (χ1) is 15.7. The quantitative estimate of drug-likeness (QED) is 0.173. The minimum absolute atomic E-state index is 0.474. The maximum Gasteiger partial charge on any atom is 0.132 e. The number of hydrogen-bond acceptors (Lipinski definition) is 2. The predicted molar refractivity (Wildman–Crippen MR) is 140 cm³/mol. The minimum Gasteiger partial charge on any atom is -0.494 e. The molecule has 0 aliphatic carbocycles. The molecule has 0 unspecified atom stereocenters. The summed E-state index contributed by atoms with van der Waals surface area (Å²) in [4.78, 5) is 0. The van der Waals surface area contributed by atoms with Crippen LogP contribution in [0.2, 0.25) is 0 Å². The topological polar surface area (TPSA) is 18.5 Å². The summed E-state index contributed by atoms with van der Waals surface area (Å²) in [5.74, 6) is 1.80. The summed E-state index contributed by atoms with van der Waals surface area (Å²) < 4.78 is 12.7. The summed E-state index contributed by atoms with van der Waals surface area (Å²) in [6, 6.07) is 36.5. The van der Waals surface area contributed by atoms with Gasteiger partial charge < -0.3 is 9.47 Å². The molecule has 0 fully saturated rings. The Bertz CT molecular complexity index is 1100. The van der Waals surface area contributed by atoms with E-state index in [4.69, 9.17) is 9.47 Å². The van der Waals surface area contributed by atoms with Crippen molar-refractivity contribution in [3.8, 4) is 11.5 Å². The smallest absolute Gasteiger partial charge is 0.132 e. The molecule has 0 saturated heterocycles. The van der Waals surface area contributed by atoms with Crippen LogP contribution in [0.15, 0.2) is 103 Å². The second-order valence-electron chi connectivity index (χ2n) is 7.52. The normalized spacial score (nSPS) is 11.2. The highest BCUT2D eigenvalue weighted by Crippen LogP contribution is 2.46. The third-order valence-corrected chi connectivity index (χ3v) is 6.52. The van der Waals surface area contributed by atoms with Crippen LogP contribution >= 0.6 is 22.6 Å². The lowest BCUT2D eigenvalue weighted by molar-refractivity contribution is 0.337. The van der Waals surface area contributed by atoms with Crippen molar-refractivity contribution in [1.29, 1.82) is 0 Å². The second kappa shape index (κ2) is 10.2. The molecular formula is C29H27IO2. The van der Waals surface area contributed by atoms with Gasteiger partial charge in [-0.2, -0.15) is 0 Å². The first-order valence-corrected chi connectivity index (χ1v) is 12.0. The van der Waals surface area contributed by atoms with E-state index in [0.717, 1.165) is 15.1 Å². The molecule has 0 bridgehead atoms. The molecule has 0 atom stereocenters. The molecule has 0 N–H and O–H groups in total. The number of hydrogen-bond donors (Lipinski definition) is 0. The molecule has 32 heavy (non-hydrogen) atoms. The van der Waals surface area contributed by atoms with Crippen molar-refractivity contribution in [2.45, 2.75) is 19.3 Å². The molecule has 0 amide bonds. The molecule has 0 saturated carbocycles. The highest BCUT2D eigenvalue weighted by atomic mass is 127. The van der Waals surface area contributed by atoms with Crippen molar-refractivity contribution in [2.75, 3.05) is 13.2 Å². The van der Waals surface area contributed by atoms with E-state index in [1.54, 1.807) is 0 Å². The van der Waals surface area contributed by atoms with E-state index in [1.165, 1.54) is 22.3 Å². The van der Waals surface area contributed by atoms with Gasteiger partial charge in [0.05, 0.1) is 22.2 Å². The fourth-order valence-electron chi connectivity index (χ4n) is 4.35. The average Bonchev–Trinajstić information content (AvgIpc) is 2.84. The molecule has 0 spiro atoms. The van der Waals surface area contributed by atoms with Crippen LogP contribution in [0.1, 0.15) is 36.1 Å². The maximum absolute atomic E-state index is 5.84. The van der Waals surface area contributed by atoms with Crippen LogP contribution < -0.4 is 9.47 Å². The van der Waals surface area contributed by atoms with Gasteiger partial charge in [-0.15, -0.1) is 0 Å². The lowest BCUT2D eigenvalue weighted by Gasteiger charge is -2.37. The van der Waals surface area contributed by atoms with Crippen molar-refractivity contribution in [1.82, 2.24) is 0 Å². The Hall–Kier alpha value is -2.79. The lowest BCUT2D eigenvalue weighted by Crippen LogP contribution is -2.31. The molecule has 0 aliphatic rings. The standard InChI is InChI=1S/C29H27IO2/c1-3-31-26-18-15-24(16-19-26)29(22-11-7-5-8-12-22,23-13-9-6-10-14-23)25-17-20-28(32-4-2)27(30)21-25/h5-21H,3-4H2,1-2H3. The zero-order chi connectivity index (χ0) is 22.4. The molecular weight excluding hydrogens is 507 g/mol. The molecule has 3 heteroatoms. The Labute approximate surface area is 204 Å². The van der Waals surface area contributed by atoms with Crippen molar-refractivity contribution in [2.24, 2.45) is 0 Å². The van der Waals surface area contributed by atoms with E-state index in [1.807, 2.05) is 13.8 Å². The molecule has 4 aromatic carbocycles. The van der Waals surface area contributed by atoms with Gasteiger partial charge >= 0.3 is 0 Å². The monoisotopic (exact) mass is 534 g/mol. The van der Waals surface area contributed by atoms with Gasteiger partial charge in [0.25, 0.3) is 0 Å². The first kappa shape index (κ1) is 22.4. The highest BCUT2D eigenvalue weighted by molar-refractivity contribution is 14.1. The van der Waals surface area contributed by atoms with Crippen LogP contribution in [0.5, 0.6) is 11.5 Å². The number of ether oxygens (including phenoxy) is 2. The first-order valence-electron chi connectivity index (χ1n) is 11.0. The molecule has 2 nitrogen and oxygen atoms in total. The zero-order valence-corrected chi connectivity index (χ0v) is 20.6. The van der Waals surface area contributed by atoms with Crippen LogP contribution in [-0.4, -0.2) is 13.2 Å². The van der Waals surface area contributed by atoms with Gasteiger partial charge in [-0.3, -0.25) is 0 Å². The second-order valence-corrected chi connectivity index (χ2v) is 8.68. The van der Waals surface area contributed by atoms with Gasteiger partial charge in [-0.05, 0) is 83.0 Å². The Morgan fingerprint density at radius 1 is 0.594 bits per heavy atom. The largest absolute Gasteiger partial charge is 0.494 e. The van der Waals surface area contributed by atoms with E-state index >= 15 is 0 Å². The van der Waals surface area contributed by atoms with Crippen molar-refractivity contribution in [3.63, 3.8) is 0 Å². The van der Waals surface area contributed by atoms with E-state index in [-0.39, 0.29) is 0 Å². The van der Waals surface area contributed by atoms with Gasteiger partial charge in [-0.1, -0.05) is 78.9 Å². The Kier molecular flexibility index (Phi) is 7.15. The van der Waals surface area contributed by atoms with Gasteiger partial charge in [0.2, 0.25) is 0 Å². The van der Waals surface area contributed by atoms with Gasteiger partial charge in [0.15, 0.2) is 0 Å². The number of halogens is 1. The van der Waals surface area contributed by atoms with Gasteiger partial charge in [0.1, 0.15) is 11.5 Å². The molecule has 0 aliphatic heterocycles. The molecule has 0 radical (unpaired) electrons. The van der Waals surface area contributed by atoms with Gasteiger partial charge in [-0.25, -0.2) is 0 Å². The predicted octanol–water partition coefficient (Wildman–Crippen LogP) is 7.47. The summed E-state index contributed by atoms with van der Waals surface area (Å²) >= 11 is 2.38. The van der Waals surface area contributed by atoms with E-state index in [0.29, 0.717) is 13.2 Å². The van der Waals surface area contributed by atoms with Crippen LogP contribution in [0.4, 0.5) is 0 Å². The van der Waals surface area contributed by atoms with Crippen LogP contribution in [0.25, 0.3) is 0 Å². The SMILES string of the molecule is CCOc1ccc(C(c2ccccc2)(c2ccccc2)c2ccc(OCC)c(I)c2)cc1. The van der Waals surface area contributed by atoms with Crippen LogP contribution in [-0.2, 0) is 5.41 Å². The minimum atomic E-state index is -0.474. The maximum atomic E-state index is 5.84. The summed E-state index contributed by atoms with van der Waals surface area (Å²) in [5.41, 5.74) is 4.36. The third-order valence-electron chi connectivity index (χ3n) is 5.68. The lowest BCUT2D eigenvalue weighted by atomic mass is 9.65. The molecule has 0 heterocycles. The van der Waals surface area contributed by atoms with Crippen molar-refractivity contribution < 1.29 is 9.47 Å². The summed E-state index contributed by atoms with van der Waals surface area (Å²) in [5, 5.41) is 0. The third kappa shape index (κ3) is 4.26. The molecule has 0 aromatic heterocycles. The molecule has 4 aromatic rings. The Balaban J connectivity index is 2.03. The fraction of sp³-hybridized carbons (Fsp3) is 0.172. The van der Waals surface area contributed by atoms with E-state index < -0.39 is 5.41 Å². The number of rotatable bonds is 8. The van der Waals surface area contributed by atoms with E-state index in [9.17, 15) is 0 Å². The van der Waals surface area contributed by atoms with Crippen molar-refractivity contribution in [3.05, 3.63) is 129 Å². The number of benzene rings is 4. The van der Waals surface area contributed by atoms with E-state index in [2.05, 4.69) is 126 Å². The van der Waals surface area contributed by atoms with Gasteiger partial charge in [0, 0.05) is 0 Å². The summed E-state index contributed by atoms with van der Waals surface area (Å²) in [6.45, 7) is 5.33. The molecule has 4 rings (SSSR count). The average molecular weight is 534 g/mol. The highest BCUT2D eigenvalue weighted by Gasteiger charge is 2.38. The van der Waals surface area contributed by atoms with Crippen molar-refractivity contribution >= 4 is 22.6 Å². The Morgan fingerprint density at radius 2 is 1.09 bits per heavy atom.